The van der Waals surface area contributed by atoms with Crippen molar-refractivity contribution >= 4 is 17.5 Å². The predicted molar refractivity (Wildman–Crippen MR) is 76.4 cm³/mol. The molecule has 102 valence electrons. The minimum atomic E-state index is -0.0631. The normalized spacial score (nSPS) is 14.1. The molecule has 0 bridgehead atoms. The van der Waals surface area contributed by atoms with Gasteiger partial charge in [-0.2, -0.15) is 0 Å². The molecule has 0 atom stereocenters. The lowest BCUT2D eigenvalue weighted by Gasteiger charge is -2.22. The second-order valence-electron chi connectivity index (χ2n) is 4.88. The van der Waals surface area contributed by atoms with Crippen molar-refractivity contribution in [3.05, 3.63) is 59.1 Å². The second-order valence-corrected chi connectivity index (χ2v) is 5.32. The molecule has 5 heteroatoms. The molecule has 1 fully saturated rings. The van der Waals surface area contributed by atoms with Gasteiger partial charge in [-0.15, -0.1) is 0 Å². The lowest BCUT2D eigenvalue weighted by Crippen LogP contribution is -2.33. The molecule has 3 rings (SSSR count). The number of pyridine rings is 2. The summed E-state index contributed by atoms with van der Waals surface area (Å²) in [4.78, 5) is 22.6. The maximum atomic E-state index is 12.6. The Bertz CT molecular complexity index is 614. The Labute approximate surface area is 122 Å². The van der Waals surface area contributed by atoms with Gasteiger partial charge in [-0.1, -0.05) is 11.6 Å². The maximum absolute atomic E-state index is 12.6. The van der Waals surface area contributed by atoms with Crippen LogP contribution < -0.4 is 0 Å². The summed E-state index contributed by atoms with van der Waals surface area (Å²) in [6, 6.07) is 7.45. The van der Waals surface area contributed by atoms with E-state index < -0.39 is 0 Å². The van der Waals surface area contributed by atoms with Crippen molar-refractivity contribution in [3.63, 3.8) is 0 Å². The zero-order chi connectivity index (χ0) is 13.9. The number of hydrogen-bond donors (Lipinski definition) is 0. The Hall–Kier alpha value is -1.94. The fraction of sp³-hybridized carbons (Fsp3) is 0.267. The number of nitrogens with zero attached hydrogens (tertiary/aromatic N) is 3. The molecule has 20 heavy (non-hydrogen) atoms. The first kappa shape index (κ1) is 13.1. The Kier molecular flexibility index (Phi) is 3.65. The van der Waals surface area contributed by atoms with Gasteiger partial charge in [0.05, 0.1) is 0 Å². The van der Waals surface area contributed by atoms with Crippen molar-refractivity contribution in [2.24, 2.45) is 0 Å². The van der Waals surface area contributed by atoms with E-state index >= 15 is 0 Å². The van der Waals surface area contributed by atoms with Gasteiger partial charge in [0.2, 0.25) is 0 Å². The molecule has 1 saturated carbocycles. The van der Waals surface area contributed by atoms with E-state index in [9.17, 15) is 4.79 Å². The zero-order valence-electron chi connectivity index (χ0n) is 10.9. The summed E-state index contributed by atoms with van der Waals surface area (Å²) in [5, 5.41) is 0.531. The Morgan fingerprint density at radius 3 is 2.65 bits per heavy atom. The van der Waals surface area contributed by atoms with Crippen molar-refractivity contribution in [1.82, 2.24) is 14.9 Å². The van der Waals surface area contributed by atoms with E-state index in [1.807, 2.05) is 17.0 Å². The number of carbonyl (C=O) groups is 1. The first-order valence-electron chi connectivity index (χ1n) is 6.55. The molecule has 0 aromatic carbocycles. The number of carbonyl (C=O) groups excluding carboxylic acids is 1. The topological polar surface area (TPSA) is 46.1 Å². The van der Waals surface area contributed by atoms with Gasteiger partial charge in [0.25, 0.3) is 5.91 Å². The van der Waals surface area contributed by atoms with Crippen LogP contribution in [0.3, 0.4) is 0 Å². The van der Waals surface area contributed by atoms with Gasteiger partial charge >= 0.3 is 0 Å². The van der Waals surface area contributed by atoms with Gasteiger partial charge in [-0.3, -0.25) is 14.8 Å². The molecule has 0 spiro atoms. The summed E-state index contributed by atoms with van der Waals surface area (Å²) < 4.78 is 0. The molecule has 4 nitrogen and oxygen atoms in total. The van der Waals surface area contributed by atoms with Crippen LogP contribution in [0, 0.1) is 0 Å². The SMILES string of the molecule is O=C(c1cc(Cl)ccn1)N(Cc1ccncc1)C1CC1. The van der Waals surface area contributed by atoms with E-state index in [4.69, 9.17) is 11.6 Å². The number of halogens is 1. The van der Waals surface area contributed by atoms with Crippen molar-refractivity contribution in [3.8, 4) is 0 Å². The van der Waals surface area contributed by atoms with Crippen LogP contribution in [0.25, 0.3) is 0 Å². The highest BCUT2D eigenvalue weighted by Gasteiger charge is 2.33. The number of aromatic nitrogens is 2. The molecule has 0 aliphatic heterocycles. The minimum absolute atomic E-state index is 0.0631. The molecule has 1 aliphatic carbocycles. The highest BCUT2D eigenvalue weighted by molar-refractivity contribution is 6.30. The summed E-state index contributed by atoms with van der Waals surface area (Å²) >= 11 is 5.93. The molecule has 2 aromatic heterocycles. The van der Waals surface area contributed by atoms with E-state index in [2.05, 4.69) is 9.97 Å². The van der Waals surface area contributed by atoms with Gasteiger partial charge in [0, 0.05) is 36.2 Å². The fourth-order valence-electron chi connectivity index (χ4n) is 2.11. The van der Waals surface area contributed by atoms with Gasteiger partial charge in [-0.05, 0) is 42.7 Å². The smallest absolute Gasteiger partial charge is 0.273 e. The third-order valence-corrected chi connectivity index (χ3v) is 3.53. The van der Waals surface area contributed by atoms with E-state index in [0.29, 0.717) is 23.3 Å². The predicted octanol–water partition coefficient (Wildman–Crippen LogP) is 2.93. The van der Waals surface area contributed by atoms with E-state index in [-0.39, 0.29) is 5.91 Å². The van der Waals surface area contributed by atoms with Crippen LogP contribution in [0.1, 0.15) is 28.9 Å². The maximum Gasteiger partial charge on any atom is 0.273 e. The molecule has 1 aliphatic rings. The highest BCUT2D eigenvalue weighted by atomic mass is 35.5. The average Bonchev–Trinajstić information content (AvgIpc) is 3.30. The van der Waals surface area contributed by atoms with E-state index in [0.717, 1.165) is 18.4 Å². The van der Waals surface area contributed by atoms with Gasteiger partial charge in [-0.25, -0.2) is 0 Å². The van der Waals surface area contributed by atoms with Crippen LogP contribution in [0.5, 0.6) is 0 Å². The molecular weight excluding hydrogens is 274 g/mol. The standard InChI is InChI=1S/C15H14ClN3O/c16-12-5-8-18-14(9-12)15(20)19(13-1-2-13)10-11-3-6-17-7-4-11/h3-9,13H,1-2,10H2. The van der Waals surface area contributed by atoms with E-state index in [1.165, 1.54) is 0 Å². The third kappa shape index (κ3) is 2.96. The summed E-state index contributed by atoms with van der Waals surface area (Å²) in [5.41, 5.74) is 1.47. The van der Waals surface area contributed by atoms with Gasteiger partial charge < -0.3 is 4.90 Å². The monoisotopic (exact) mass is 287 g/mol. The molecule has 0 radical (unpaired) electrons. The molecule has 0 unspecified atom stereocenters. The van der Waals surface area contributed by atoms with Gasteiger partial charge in [0.1, 0.15) is 5.69 Å². The number of rotatable bonds is 4. The summed E-state index contributed by atoms with van der Waals surface area (Å²) in [5.74, 6) is -0.0631. The minimum Gasteiger partial charge on any atom is -0.330 e. The summed E-state index contributed by atoms with van der Waals surface area (Å²) in [6.07, 6.45) is 7.15. The first-order chi connectivity index (χ1) is 9.74. The average molecular weight is 288 g/mol. The van der Waals surface area contributed by atoms with Crippen molar-refractivity contribution in [2.75, 3.05) is 0 Å². The molecule has 0 N–H and O–H groups in total. The van der Waals surface area contributed by atoms with Crippen molar-refractivity contribution in [2.45, 2.75) is 25.4 Å². The van der Waals surface area contributed by atoms with Gasteiger partial charge in [0.15, 0.2) is 0 Å². The van der Waals surface area contributed by atoms with Crippen molar-refractivity contribution in [1.29, 1.82) is 0 Å². The Balaban J connectivity index is 1.82. The van der Waals surface area contributed by atoms with Crippen LogP contribution in [-0.2, 0) is 6.54 Å². The van der Waals surface area contributed by atoms with E-state index in [1.54, 1.807) is 30.7 Å². The lowest BCUT2D eigenvalue weighted by atomic mass is 10.2. The van der Waals surface area contributed by atoms with Crippen molar-refractivity contribution < 1.29 is 4.79 Å². The molecule has 0 saturated heterocycles. The number of amides is 1. The molecule has 2 heterocycles. The van der Waals surface area contributed by atoms with Crippen LogP contribution in [-0.4, -0.2) is 26.8 Å². The molecular formula is C15H14ClN3O. The number of hydrogen-bond acceptors (Lipinski definition) is 3. The fourth-order valence-corrected chi connectivity index (χ4v) is 2.27. The Morgan fingerprint density at radius 2 is 2.00 bits per heavy atom. The zero-order valence-corrected chi connectivity index (χ0v) is 11.6. The second kappa shape index (κ2) is 5.59. The molecule has 2 aromatic rings. The quantitative estimate of drug-likeness (QED) is 0.868. The van der Waals surface area contributed by atoms with Crippen LogP contribution in [0.4, 0.5) is 0 Å². The molecule has 1 amide bonds. The Morgan fingerprint density at radius 1 is 1.25 bits per heavy atom. The summed E-state index contributed by atoms with van der Waals surface area (Å²) in [6.45, 7) is 0.584. The van der Waals surface area contributed by atoms with Crippen LogP contribution in [0.15, 0.2) is 42.9 Å². The summed E-state index contributed by atoms with van der Waals surface area (Å²) in [7, 11) is 0. The highest BCUT2D eigenvalue weighted by Crippen LogP contribution is 2.29. The lowest BCUT2D eigenvalue weighted by molar-refractivity contribution is 0.0724. The third-order valence-electron chi connectivity index (χ3n) is 3.29. The largest absolute Gasteiger partial charge is 0.330 e. The van der Waals surface area contributed by atoms with Crippen LogP contribution in [0.2, 0.25) is 5.02 Å². The van der Waals surface area contributed by atoms with Crippen LogP contribution >= 0.6 is 11.6 Å². The first-order valence-corrected chi connectivity index (χ1v) is 6.93.